The first kappa shape index (κ1) is 15.7. The van der Waals surface area contributed by atoms with Crippen LogP contribution in [0.2, 0.25) is 0 Å². The third-order valence-electron chi connectivity index (χ3n) is 2.76. The Morgan fingerprint density at radius 3 is 2.64 bits per heavy atom. The summed E-state index contributed by atoms with van der Waals surface area (Å²) in [5, 5.41) is 0. The zero-order valence-electron chi connectivity index (χ0n) is 11.0. The van der Waals surface area contributed by atoms with Crippen LogP contribution in [0.3, 0.4) is 0 Å². The lowest BCUT2D eigenvalue weighted by atomic mass is 10.0. The fourth-order valence-corrected chi connectivity index (χ4v) is 1.87. The fourth-order valence-electron chi connectivity index (χ4n) is 1.87. The van der Waals surface area contributed by atoms with Gasteiger partial charge in [-0.05, 0) is 35.9 Å². The second-order valence-electron chi connectivity index (χ2n) is 4.34. The number of halogens is 4. The fraction of sp³-hybridized carbons (Fsp3) is 0.143. The molecule has 8 heteroatoms. The standard InChI is InChI=1S/C14H10F4N2O2/c15-11-4-3-9(22-14(16,17)18)6-8(11)7-12-10(13(19)21)2-1-5-20-12/h1-6H,7H2,(H2,19,21). The van der Waals surface area contributed by atoms with Crippen molar-refractivity contribution < 1.29 is 27.1 Å². The average molecular weight is 314 g/mol. The van der Waals surface area contributed by atoms with E-state index < -0.39 is 23.8 Å². The minimum Gasteiger partial charge on any atom is -0.406 e. The average Bonchev–Trinajstić information content (AvgIpc) is 2.41. The van der Waals surface area contributed by atoms with E-state index in [-0.39, 0.29) is 23.2 Å². The van der Waals surface area contributed by atoms with Crippen molar-refractivity contribution in [2.24, 2.45) is 5.73 Å². The molecule has 0 saturated carbocycles. The minimum atomic E-state index is -4.88. The van der Waals surface area contributed by atoms with E-state index >= 15 is 0 Å². The SMILES string of the molecule is NC(=O)c1cccnc1Cc1cc(OC(F)(F)F)ccc1F. The lowest BCUT2D eigenvalue weighted by Crippen LogP contribution is -2.17. The maximum atomic E-state index is 13.7. The molecule has 2 rings (SSSR count). The van der Waals surface area contributed by atoms with Crippen LogP contribution in [0.4, 0.5) is 17.6 Å². The summed E-state index contributed by atoms with van der Waals surface area (Å²) in [6, 6.07) is 5.49. The number of carbonyl (C=O) groups excluding carboxylic acids is 1. The van der Waals surface area contributed by atoms with Gasteiger partial charge in [0, 0.05) is 12.6 Å². The summed E-state index contributed by atoms with van der Waals surface area (Å²) < 4.78 is 54.0. The van der Waals surface area contributed by atoms with Crippen LogP contribution in [0.5, 0.6) is 5.75 Å². The lowest BCUT2D eigenvalue weighted by Gasteiger charge is -2.11. The number of nitrogens with zero attached hydrogens (tertiary/aromatic N) is 1. The molecule has 1 heterocycles. The second-order valence-corrected chi connectivity index (χ2v) is 4.34. The predicted octanol–water partition coefficient (Wildman–Crippen LogP) is 2.81. The summed E-state index contributed by atoms with van der Waals surface area (Å²) in [7, 11) is 0. The Hall–Kier alpha value is -2.64. The third kappa shape index (κ3) is 3.94. The zero-order valence-corrected chi connectivity index (χ0v) is 11.0. The van der Waals surface area contributed by atoms with Crippen molar-refractivity contribution in [1.82, 2.24) is 4.98 Å². The number of rotatable bonds is 4. The molecular formula is C14H10F4N2O2. The van der Waals surface area contributed by atoms with E-state index in [9.17, 15) is 22.4 Å². The summed E-state index contributed by atoms with van der Waals surface area (Å²) in [4.78, 5) is 15.2. The molecule has 0 radical (unpaired) electrons. The van der Waals surface area contributed by atoms with E-state index in [0.717, 1.165) is 18.2 Å². The van der Waals surface area contributed by atoms with Gasteiger partial charge in [0.2, 0.25) is 0 Å². The number of ether oxygens (including phenoxy) is 1. The van der Waals surface area contributed by atoms with Crippen LogP contribution in [0.1, 0.15) is 21.6 Å². The number of aromatic nitrogens is 1. The van der Waals surface area contributed by atoms with Gasteiger partial charge in [-0.2, -0.15) is 0 Å². The molecule has 0 atom stereocenters. The summed E-state index contributed by atoms with van der Waals surface area (Å²) in [5.74, 6) is -2.05. The smallest absolute Gasteiger partial charge is 0.406 e. The number of alkyl halides is 3. The van der Waals surface area contributed by atoms with Gasteiger partial charge in [-0.1, -0.05) is 0 Å². The van der Waals surface area contributed by atoms with Crippen LogP contribution in [-0.2, 0) is 6.42 Å². The molecule has 116 valence electrons. The van der Waals surface area contributed by atoms with E-state index in [1.807, 2.05) is 0 Å². The summed E-state index contributed by atoms with van der Waals surface area (Å²) in [5.41, 5.74) is 5.32. The van der Waals surface area contributed by atoms with E-state index in [2.05, 4.69) is 9.72 Å². The molecule has 0 saturated heterocycles. The molecule has 0 aliphatic rings. The summed E-state index contributed by atoms with van der Waals surface area (Å²) in [6.07, 6.45) is -3.70. The highest BCUT2D eigenvalue weighted by atomic mass is 19.4. The number of primary amides is 1. The molecule has 1 aromatic heterocycles. The monoisotopic (exact) mass is 314 g/mol. The molecule has 0 aliphatic carbocycles. The number of pyridine rings is 1. The Kier molecular flexibility index (Phi) is 4.30. The van der Waals surface area contributed by atoms with Gasteiger partial charge in [-0.3, -0.25) is 9.78 Å². The van der Waals surface area contributed by atoms with Crippen molar-refractivity contribution in [3.05, 3.63) is 59.2 Å². The van der Waals surface area contributed by atoms with Crippen molar-refractivity contribution in [3.63, 3.8) is 0 Å². The first-order valence-corrected chi connectivity index (χ1v) is 6.04. The zero-order chi connectivity index (χ0) is 16.3. The molecule has 1 amide bonds. The van der Waals surface area contributed by atoms with Gasteiger partial charge >= 0.3 is 6.36 Å². The summed E-state index contributed by atoms with van der Waals surface area (Å²) in [6.45, 7) is 0. The number of carbonyl (C=O) groups is 1. The first-order valence-electron chi connectivity index (χ1n) is 6.04. The maximum Gasteiger partial charge on any atom is 0.573 e. The van der Waals surface area contributed by atoms with E-state index in [4.69, 9.17) is 5.73 Å². The van der Waals surface area contributed by atoms with Crippen molar-refractivity contribution in [2.75, 3.05) is 0 Å². The molecule has 4 nitrogen and oxygen atoms in total. The van der Waals surface area contributed by atoms with Gasteiger partial charge in [-0.15, -0.1) is 13.2 Å². The number of hydrogen-bond donors (Lipinski definition) is 1. The van der Waals surface area contributed by atoms with Crippen molar-refractivity contribution in [3.8, 4) is 5.75 Å². The highest BCUT2D eigenvalue weighted by Crippen LogP contribution is 2.26. The van der Waals surface area contributed by atoms with E-state index in [1.54, 1.807) is 0 Å². The molecule has 2 N–H and O–H groups in total. The number of benzene rings is 1. The Morgan fingerprint density at radius 2 is 2.00 bits per heavy atom. The molecule has 0 unspecified atom stereocenters. The molecule has 1 aromatic carbocycles. The van der Waals surface area contributed by atoms with Gasteiger partial charge in [0.25, 0.3) is 5.91 Å². The maximum absolute atomic E-state index is 13.7. The quantitative estimate of drug-likeness (QED) is 0.883. The van der Waals surface area contributed by atoms with Gasteiger partial charge < -0.3 is 10.5 Å². The van der Waals surface area contributed by atoms with Gasteiger partial charge in [0.1, 0.15) is 11.6 Å². The number of amides is 1. The highest BCUT2D eigenvalue weighted by Gasteiger charge is 2.31. The van der Waals surface area contributed by atoms with Crippen LogP contribution in [0.25, 0.3) is 0 Å². The predicted molar refractivity (Wildman–Crippen MR) is 68.6 cm³/mol. The van der Waals surface area contributed by atoms with Gasteiger partial charge in [0.15, 0.2) is 0 Å². The molecular weight excluding hydrogens is 304 g/mol. The van der Waals surface area contributed by atoms with Crippen molar-refractivity contribution in [1.29, 1.82) is 0 Å². The second kappa shape index (κ2) is 6.00. The Bertz CT molecular complexity index is 701. The lowest BCUT2D eigenvalue weighted by molar-refractivity contribution is -0.274. The Balaban J connectivity index is 2.34. The number of hydrogen-bond acceptors (Lipinski definition) is 3. The Labute approximate surface area is 122 Å². The molecule has 0 aliphatic heterocycles. The van der Waals surface area contributed by atoms with Gasteiger partial charge in [-0.25, -0.2) is 4.39 Å². The molecule has 0 spiro atoms. The van der Waals surface area contributed by atoms with Crippen LogP contribution in [0, 0.1) is 5.82 Å². The Morgan fingerprint density at radius 1 is 1.27 bits per heavy atom. The highest BCUT2D eigenvalue weighted by molar-refractivity contribution is 5.93. The molecule has 0 fully saturated rings. The molecule has 2 aromatic rings. The normalized spacial score (nSPS) is 11.3. The topological polar surface area (TPSA) is 65.2 Å². The van der Waals surface area contributed by atoms with Crippen LogP contribution in [0.15, 0.2) is 36.5 Å². The van der Waals surface area contributed by atoms with E-state index in [1.165, 1.54) is 18.3 Å². The van der Waals surface area contributed by atoms with Crippen molar-refractivity contribution >= 4 is 5.91 Å². The van der Waals surface area contributed by atoms with Crippen LogP contribution < -0.4 is 10.5 Å². The van der Waals surface area contributed by atoms with Crippen molar-refractivity contribution in [2.45, 2.75) is 12.8 Å². The van der Waals surface area contributed by atoms with Crippen LogP contribution >= 0.6 is 0 Å². The van der Waals surface area contributed by atoms with Gasteiger partial charge in [0.05, 0.1) is 11.3 Å². The number of nitrogens with two attached hydrogens (primary N) is 1. The molecule has 0 bridgehead atoms. The van der Waals surface area contributed by atoms with Crippen LogP contribution in [-0.4, -0.2) is 17.3 Å². The minimum absolute atomic E-state index is 0.0732. The largest absolute Gasteiger partial charge is 0.573 e. The molecule has 22 heavy (non-hydrogen) atoms. The van der Waals surface area contributed by atoms with E-state index in [0.29, 0.717) is 0 Å². The summed E-state index contributed by atoms with van der Waals surface area (Å²) >= 11 is 0. The third-order valence-corrected chi connectivity index (χ3v) is 2.76. The first-order chi connectivity index (χ1) is 10.3.